The minimum atomic E-state index is -1.30. The Morgan fingerprint density at radius 1 is 0.600 bits per heavy atom. The van der Waals surface area contributed by atoms with Gasteiger partial charge in [0.15, 0.2) is 17.5 Å². The predicted molar refractivity (Wildman–Crippen MR) is 182 cm³/mol. The van der Waals surface area contributed by atoms with Crippen LogP contribution in [0.3, 0.4) is 0 Å². The molecular weight excluding hydrogens is 550 g/mol. The largest absolute Gasteiger partial charge is 0.484 e. The molecule has 4 heteroatoms. The number of rotatable bonds is 4. The zero-order chi connectivity index (χ0) is 43.7. The molecule has 9 rings (SSSR count). The Balaban J connectivity index is 1.32. The fourth-order valence-electron chi connectivity index (χ4n) is 5.79. The van der Waals surface area contributed by atoms with Crippen LogP contribution >= 0.6 is 0 Å². The zero-order valence-electron chi connectivity index (χ0n) is 39.1. The molecule has 6 aromatic carbocycles. The Kier molecular flexibility index (Phi) is 3.30. The van der Waals surface area contributed by atoms with E-state index in [0.717, 1.165) is 21.5 Å². The molecule has 2 heterocycles. The Hall–Kier alpha value is -5.87. The van der Waals surface area contributed by atoms with Gasteiger partial charge in [0.05, 0.1) is 21.9 Å². The number of allylic oxidation sites excluding steroid dienone is 2. The second-order valence-corrected chi connectivity index (χ2v) is 10.3. The van der Waals surface area contributed by atoms with E-state index in [4.69, 9.17) is 23.9 Å². The van der Waals surface area contributed by atoms with Gasteiger partial charge in [-0.15, -0.1) is 0 Å². The van der Waals surface area contributed by atoms with Crippen molar-refractivity contribution in [2.45, 2.75) is 12.0 Å². The van der Waals surface area contributed by atoms with Gasteiger partial charge in [-0.05, 0) is 39.2 Å². The summed E-state index contributed by atoms with van der Waals surface area (Å²) in [4.78, 5) is 13.2. The van der Waals surface area contributed by atoms with Crippen molar-refractivity contribution < 1.29 is 26.7 Å². The molecule has 0 radical (unpaired) electrons. The van der Waals surface area contributed by atoms with E-state index in [-0.39, 0.29) is 28.5 Å². The van der Waals surface area contributed by atoms with Gasteiger partial charge in [0.2, 0.25) is 0 Å². The highest BCUT2D eigenvalue weighted by Gasteiger charge is 2.39. The molecule has 0 saturated heterocycles. The Labute approximate surface area is 283 Å². The van der Waals surface area contributed by atoms with E-state index in [1.807, 2.05) is 48.5 Å². The van der Waals surface area contributed by atoms with Crippen molar-refractivity contribution >= 4 is 27.1 Å². The molecule has 0 amide bonds. The first-order valence-corrected chi connectivity index (χ1v) is 14.0. The lowest BCUT2D eigenvalue weighted by Crippen LogP contribution is -2.21. The van der Waals surface area contributed by atoms with Crippen LogP contribution in [0.1, 0.15) is 39.0 Å². The number of fused-ring (bicyclic) bond motifs is 6. The first-order chi connectivity index (χ1) is 28.9. The quantitative estimate of drug-likeness (QED) is 0.191. The second kappa shape index (κ2) is 10.4. The van der Waals surface area contributed by atoms with Crippen LogP contribution in [0.4, 0.5) is 0 Å². The van der Waals surface area contributed by atoms with E-state index in [9.17, 15) is 2.74 Å². The molecule has 212 valence electrons. The fourth-order valence-corrected chi connectivity index (χ4v) is 5.79. The van der Waals surface area contributed by atoms with Crippen LogP contribution in [0.25, 0.3) is 61.3 Å². The monoisotopic (exact) mass is 593 g/mol. The Morgan fingerprint density at radius 3 is 2.07 bits per heavy atom. The van der Waals surface area contributed by atoms with Crippen LogP contribution in [0.15, 0.2) is 151 Å². The Morgan fingerprint density at radius 2 is 1.29 bits per heavy atom. The van der Waals surface area contributed by atoms with Gasteiger partial charge >= 0.3 is 0 Å². The summed E-state index contributed by atoms with van der Waals surface area (Å²) in [5.74, 6) is -3.35. The van der Waals surface area contributed by atoms with E-state index < -0.39 is 131 Å². The lowest BCUT2D eigenvalue weighted by molar-refractivity contribution is 0.278. The molecule has 1 aliphatic carbocycles. The molecule has 2 aliphatic rings. The maximum absolute atomic E-state index is 9.23. The van der Waals surface area contributed by atoms with Crippen LogP contribution in [0.2, 0.25) is 0 Å². The molecule has 0 bridgehead atoms. The smallest absolute Gasteiger partial charge is 0.164 e. The second-order valence-electron chi connectivity index (χ2n) is 10.3. The molecule has 0 N–H and O–H groups in total. The van der Waals surface area contributed by atoms with Crippen molar-refractivity contribution in [2.24, 2.45) is 0 Å². The van der Waals surface area contributed by atoms with Gasteiger partial charge in [-0.1, -0.05) is 139 Å². The van der Waals surface area contributed by atoms with Crippen molar-refractivity contribution in [1.82, 2.24) is 15.0 Å². The number of hydrogen-bond donors (Lipinski definition) is 0. The fraction of sp³-hybridized carbons (Fsp3) is 0.0488. The van der Waals surface area contributed by atoms with Crippen molar-refractivity contribution in [3.63, 3.8) is 0 Å². The summed E-state index contributed by atoms with van der Waals surface area (Å²) < 4.78 is 145. The average Bonchev–Trinajstić information content (AvgIpc) is 3.64. The number of nitrogens with zero attached hydrogens (tertiary/aromatic N) is 3. The van der Waals surface area contributed by atoms with Crippen molar-refractivity contribution in [1.29, 1.82) is 0 Å². The molecule has 2 atom stereocenters. The molecule has 0 saturated carbocycles. The molecular formula is C41H27N3O. The van der Waals surface area contributed by atoms with Gasteiger partial charge < -0.3 is 4.74 Å². The molecule has 0 spiro atoms. The summed E-state index contributed by atoms with van der Waals surface area (Å²) in [6.07, 6.45) is -1.24. The summed E-state index contributed by atoms with van der Waals surface area (Å²) in [7, 11) is 0. The highest BCUT2D eigenvalue weighted by Crippen LogP contribution is 2.49. The van der Waals surface area contributed by atoms with E-state index in [0.29, 0.717) is 5.56 Å². The summed E-state index contributed by atoms with van der Waals surface area (Å²) in [5.41, 5.74) is -0.870. The standard InChI is InChI=1S/C41H27N3O/c1-3-12-27(13-4-1)39-42-40(28-14-5-2-6-15-28)44-41(43-39)35-19-10-20-36-37(35)34-18-9-17-33(38(34)45-36)30-23-24-32-29(25-30)22-21-26-11-7-8-16-31(26)32/h1-25,34,38H/i1D,2D,3D,4D,5D,6D,9D,10D,12D,13D,14D,15D,17D,18D,19D,20D. The number of benzene rings is 6. The van der Waals surface area contributed by atoms with E-state index in [1.165, 1.54) is 0 Å². The summed E-state index contributed by atoms with van der Waals surface area (Å²) in [6.45, 7) is 0. The molecule has 4 nitrogen and oxygen atoms in total. The molecule has 7 aromatic rings. The third-order valence-electron chi connectivity index (χ3n) is 7.81. The third-order valence-corrected chi connectivity index (χ3v) is 7.81. The number of ether oxygens (including phenoxy) is 1. The van der Waals surface area contributed by atoms with Gasteiger partial charge in [-0.3, -0.25) is 0 Å². The van der Waals surface area contributed by atoms with E-state index >= 15 is 0 Å². The minimum absolute atomic E-state index is 0.0900. The molecule has 2 unspecified atom stereocenters. The maximum Gasteiger partial charge on any atom is 0.164 e. The average molecular weight is 594 g/mol. The summed E-state index contributed by atoms with van der Waals surface area (Å²) in [5, 5.41) is 3.74. The molecule has 1 aromatic heterocycles. The maximum atomic E-state index is 9.23. The van der Waals surface area contributed by atoms with E-state index in [1.54, 1.807) is 6.07 Å². The minimum Gasteiger partial charge on any atom is -0.484 e. The normalized spacial score (nSPS) is 22.3. The van der Waals surface area contributed by atoms with Gasteiger partial charge in [0.25, 0.3) is 0 Å². The summed E-state index contributed by atoms with van der Waals surface area (Å²) in [6, 6.07) is 6.56. The Bertz CT molecular complexity index is 3080. The lowest BCUT2D eigenvalue weighted by atomic mass is 9.82. The van der Waals surface area contributed by atoms with Crippen molar-refractivity contribution in [3.05, 3.63) is 162 Å². The van der Waals surface area contributed by atoms with Crippen LogP contribution < -0.4 is 4.74 Å². The van der Waals surface area contributed by atoms with Crippen LogP contribution in [0.5, 0.6) is 5.75 Å². The number of aromatic nitrogens is 3. The van der Waals surface area contributed by atoms with E-state index in [2.05, 4.69) is 15.0 Å². The van der Waals surface area contributed by atoms with Crippen LogP contribution in [0, 0.1) is 0 Å². The van der Waals surface area contributed by atoms with Crippen molar-refractivity contribution in [2.75, 3.05) is 0 Å². The lowest BCUT2D eigenvalue weighted by Gasteiger charge is -2.24. The summed E-state index contributed by atoms with van der Waals surface area (Å²) >= 11 is 0. The zero-order valence-corrected chi connectivity index (χ0v) is 23.1. The highest BCUT2D eigenvalue weighted by molar-refractivity contribution is 6.08. The topological polar surface area (TPSA) is 47.9 Å². The predicted octanol–water partition coefficient (Wildman–Crippen LogP) is 9.68. The highest BCUT2D eigenvalue weighted by atomic mass is 16.5. The van der Waals surface area contributed by atoms with Gasteiger partial charge in [0.1, 0.15) is 11.9 Å². The SMILES string of the molecule is [2H]C1=C(c2ccc3c(ccc4ccccc43)c2)C2Oc3c([2H])c([2H])c([2H])c(-c4nc(-c5c([2H])c([2H])c([2H])c([2H])c5[2H])nc(-c5c([2H])c([2H])c([2H])c([2H])c5[2H])n4)c3C2C([2H])=C1[2H]. The molecule has 1 aliphatic heterocycles. The first kappa shape index (κ1) is 14.3. The van der Waals surface area contributed by atoms with Gasteiger partial charge in [-0.25, -0.2) is 15.0 Å². The number of hydrogen-bond acceptors (Lipinski definition) is 4. The van der Waals surface area contributed by atoms with Gasteiger partial charge in [-0.2, -0.15) is 0 Å². The molecule has 45 heavy (non-hydrogen) atoms. The molecule has 0 fully saturated rings. The first-order valence-electron chi connectivity index (χ1n) is 22.0. The third kappa shape index (κ3) is 4.34. The van der Waals surface area contributed by atoms with Crippen molar-refractivity contribution in [3.8, 4) is 39.9 Å². The van der Waals surface area contributed by atoms with Crippen LogP contribution in [-0.4, -0.2) is 21.1 Å². The van der Waals surface area contributed by atoms with Gasteiger partial charge in [0, 0.05) is 33.7 Å². The van der Waals surface area contributed by atoms with Crippen LogP contribution in [-0.2, 0) is 0 Å².